The van der Waals surface area contributed by atoms with E-state index in [2.05, 4.69) is 0 Å². The summed E-state index contributed by atoms with van der Waals surface area (Å²) in [4.78, 5) is -0.0369. The van der Waals surface area contributed by atoms with Gasteiger partial charge in [0.15, 0.2) is 14.6 Å². The highest BCUT2D eigenvalue weighted by molar-refractivity contribution is 7.93. The van der Waals surface area contributed by atoms with E-state index < -0.39 is 14.6 Å². The van der Waals surface area contributed by atoms with E-state index >= 15 is 0 Å². The molecule has 0 unspecified atom stereocenters. The standard InChI is InChI=1S/C13H13Cl2NO2S/c14-10-4-5-11(15)12(8-10)19(17,18)13(9-16)6-2-1-3-7-13/h4-5,8H,1-3,6-7H2. The summed E-state index contributed by atoms with van der Waals surface area (Å²) in [6, 6.07) is 6.32. The number of nitrogens with zero attached hydrogens (tertiary/aromatic N) is 1. The largest absolute Gasteiger partial charge is 0.222 e. The first-order valence-corrected chi connectivity index (χ1v) is 8.28. The van der Waals surface area contributed by atoms with Crippen LogP contribution >= 0.6 is 23.2 Å². The van der Waals surface area contributed by atoms with Crippen molar-refractivity contribution < 1.29 is 8.42 Å². The molecule has 1 saturated carbocycles. The van der Waals surface area contributed by atoms with Crippen molar-refractivity contribution in [3.63, 3.8) is 0 Å². The molecule has 0 radical (unpaired) electrons. The molecule has 1 aliphatic carbocycles. The first kappa shape index (κ1) is 14.6. The van der Waals surface area contributed by atoms with E-state index in [1.54, 1.807) is 0 Å². The second-order valence-electron chi connectivity index (χ2n) is 4.74. The maximum atomic E-state index is 12.7. The van der Waals surface area contributed by atoms with Crippen molar-refractivity contribution in [1.29, 1.82) is 5.26 Å². The van der Waals surface area contributed by atoms with Gasteiger partial charge in [0.1, 0.15) is 0 Å². The maximum absolute atomic E-state index is 12.7. The average Bonchev–Trinajstić information content (AvgIpc) is 2.42. The van der Waals surface area contributed by atoms with Crippen LogP contribution in [0.5, 0.6) is 0 Å². The molecule has 1 fully saturated rings. The molecule has 0 bridgehead atoms. The summed E-state index contributed by atoms with van der Waals surface area (Å²) in [5.41, 5.74) is 0. The van der Waals surface area contributed by atoms with Crippen LogP contribution in [0.2, 0.25) is 10.0 Å². The highest BCUT2D eigenvalue weighted by atomic mass is 35.5. The Labute approximate surface area is 123 Å². The van der Waals surface area contributed by atoms with Gasteiger partial charge in [-0.2, -0.15) is 5.26 Å². The highest BCUT2D eigenvalue weighted by Gasteiger charge is 2.46. The number of nitriles is 1. The topological polar surface area (TPSA) is 57.9 Å². The summed E-state index contributed by atoms with van der Waals surface area (Å²) >= 11 is 11.8. The van der Waals surface area contributed by atoms with Crippen LogP contribution in [0.3, 0.4) is 0 Å². The van der Waals surface area contributed by atoms with Crippen LogP contribution in [0.4, 0.5) is 0 Å². The zero-order valence-corrected chi connectivity index (χ0v) is 12.5. The van der Waals surface area contributed by atoms with Crippen molar-refractivity contribution >= 4 is 33.0 Å². The van der Waals surface area contributed by atoms with Gasteiger partial charge in [-0.3, -0.25) is 0 Å². The van der Waals surface area contributed by atoms with Gasteiger partial charge in [-0.1, -0.05) is 42.5 Å². The minimum Gasteiger partial charge on any atom is -0.222 e. The van der Waals surface area contributed by atoms with E-state index in [0.29, 0.717) is 17.9 Å². The predicted octanol–water partition coefficient (Wildman–Crippen LogP) is 3.99. The molecular weight excluding hydrogens is 305 g/mol. The van der Waals surface area contributed by atoms with Gasteiger partial charge in [0.2, 0.25) is 0 Å². The van der Waals surface area contributed by atoms with E-state index in [9.17, 15) is 13.7 Å². The average molecular weight is 318 g/mol. The number of hydrogen-bond acceptors (Lipinski definition) is 3. The summed E-state index contributed by atoms with van der Waals surface area (Å²) in [5.74, 6) is 0. The lowest BCUT2D eigenvalue weighted by molar-refractivity contribution is 0.430. The number of rotatable bonds is 2. The Kier molecular flexibility index (Phi) is 4.10. The lowest BCUT2D eigenvalue weighted by Gasteiger charge is -2.30. The SMILES string of the molecule is N#CC1(S(=O)(=O)c2cc(Cl)ccc2Cl)CCCCC1. The molecule has 0 atom stereocenters. The zero-order chi connectivity index (χ0) is 14.1. The monoisotopic (exact) mass is 317 g/mol. The van der Waals surface area contributed by atoms with E-state index in [4.69, 9.17) is 23.2 Å². The van der Waals surface area contributed by atoms with Crippen molar-refractivity contribution in [2.75, 3.05) is 0 Å². The van der Waals surface area contributed by atoms with Crippen LogP contribution in [0.15, 0.2) is 23.1 Å². The van der Waals surface area contributed by atoms with Crippen LogP contribution < -0.4 is 0 Å². The number of benzene rings is 1. The van der Waals surface area contributed by atoms with E-state index in [1.807, 2.05) is 6.07 Å². The van der Waals surface area contributed by atoms with Crippen molar-refractivity contribution in [2.45, 2.75) is 41.7 Å². The number of hydrogen-bond donors (Lipinski definition) is 0. The van der Waals surface area contributed by atoms with Gasteiger partial charge in [0.25, 0.3) is 0 Å². The van der Waals surface area contributed by atoms with Crippen molar-refractivity contribution in [3.05, 3.63) is 28.2 Å². The van der Waals surface area contributed by atoms with Crippen LogP contribution in [-0.2, 0) is 9.84 Å². The maximum Gasteiger partial charge on any atom is 0.198 e. The molecule has 1 aromatic rings. The van der Waals surface area contributed by atoms with Gasteiger partial charge in [0, 0.05) is 5.02 Å². The molecule has 0 amide bonds. The van der Waals surface area contributed by atoms with Crippen LogP contribution in [0.1, 0.15) is 32.1 Å². The van der Waals surface area contributed by atoms with Crippen molar-refractivity contribution in [3.8, 4) is 6.07 Å². The third-order valence-corrected chi connectivity index (χ3v) is 6.68. The summed E-state index contributed by atoms with van der Waals surface area (Å²) in [6.45, 7) is 0. The van der Waals surface area contributed by atoms with Gasteiger partial charge in [-0.05, 0) is 31.0 Å². The van der Waals surface area contributed by atoms with E-state index in [1.165, 1.54) is 18.2 Å². The summed E-state index contributed by atoms with van der Waals surface area (Å²) in [7, 11) is -3.80. The normalized spacial score (nSPS) is 18.8. The first-order chi connectivity index (χ1) is 8.93. The van der Waals surface area contributed by atoms with E-state index in [0.717, 1.165) is 19.3 Å². The second-order valence-corrected chi connectivity index (χ2v) is 7.82. The first-order valence-electron chi connectivity index (χ1n) is 6.04. The fourth-order valence-electron chi connectivity index (χ4n) is 2.46. The van der Waals surface area contributed by atoms with Gasteiger partial charge >= 0.3 is 0 Å². The summed E-state index contributed by atoms with van der Waals surface area (Å²) < 4.78 is 24.1. The van der Waals surface area contributed by atoms with Crippen molar-refractivity contribution in [1.82, 2.24) is 0 Å². The molecule has 19 heavy (non-hydrogen) atoms. The fraction of sp³-hybridized carbons (Fsp3) is 0.462. The molecule has 0 saturated heterocycles. The minimum atomic E-state index is -3.80. The molecule has 2 rings (SSSR count). The Morgan fingerprint density at radius 1 is 1.16 bits per heavy atom. The van der Waals surface area contributed by atoms with Gasteiger partial charge in [0.05, 0.1) is 16.0 Å². The van der Waals surface area contributed by atoms with Gasteiger partial charge in [-0.15, -0.1) is 0 Å². The zero-order valence-electron chi connectivity index (χ0n) is 10.2. The Morgan fingerprint density at radius 2 is 1.79 bits per heavy atom. The highest BCUT2D eigenvalue weighted by Crippen LogP contribution is 2.41. The van der Waals surface area contributed by atoms with E-state index in [-0.39, 0.29) is 9.92 Å². The molecule has 0 aromatic heterocycles. The predicted molar refractivity (Wildman–Crippen MR) is 75.1 cm³/mol. The second kappa shape index (κ2) is 5.32. The lowest BCUT2D eigenvalue weighted by Crippen LogP contribution is -2.39. The number of sulfone groups is 1. The Balaban J connectivity index is 2.58. The van der Waals surface area contributed by atoms with Crippen LogP contribution in [-0.4, -0.2) is 13.2 Å². The molecular formula is C13H13Cl2NO2S. The Morgan fingerprint density at radius 3 is 2.37 bits per heavy atom. The Bertz CT molecular complexity index is 629. The third kappa shape index (κ3) is 2.47. The molecule has 3 nitrogen and oxygen atoms in total. The molecule has 6 heteroatoms. The third-order valence-electron chi connectivity index (χ3n) is 3.56. The van der Waals surface area contributed by atoms with Gasteiger partial charge in [-0.25, -0.2) is 8.42 Å². The van der Waals surface area contributed by atoms with Crippen LogP contribution in [0.25, 0.3) is 0 Å². The smallest absolute Gasteiger partial charge is 0.198 e. The molecule has 0 N–H and O–H groups in total. The molecule has 1 aliphatic rings. The molecule has 0 aliphatic heterocycles. The molecule has 0 heterocycles. The molecule has 102 valence electrons. The van der Waals surface area contributed by atoms with Gasteiger partial charge < -0.3 is 0 Å². The fourth-order valence-corrected chi connectivity index (χ4v) is 5.09. The summed E-state index contributed by atoms with van der Waals surface area (Å²) in [6.07, 6.45) is 3.15. The van der Waals surface area contributed by atoms with Crippen molar-refractivity contribution in [2.24, 2.45) is 0 Å². The van der Waals surface area contributed by atoms with Crippen LogP contribution in [0, 0.1) is 11.3 Å². The number of halogens is 2. The molecule has 1 aromatic carbocycles. The quantitative estimate of drug-likeness (QED) is 0.828. The summed E-state index contributed by atoms with van der Waals surface area (Å²) in [5, 5.41) is 9.81. The minimum absolute atomic E-state index is 0.0369. The lowest BCUT2D eigenvalue weighted by atomic mass is 9.89. The molecule has 0 spiro atoms. The Hall–Kier alpha value is -0.760.